The second-order valence-electron chi connectivity index (χ2n) is 5.13. The summed E-state index contributed by atoms with van der Waals surface area (Å²) in [4.78, 5) is 12.1. The third kappa shape index (κ3) is 4.92. The van der Waals surface area contributed by atoms with Crippen molar-refractivity contribution >= 4 is 29.3 Å². The number of rotatable bonds is 5. The smallest absolute Gasteiger partial charge is 0.416 e. The molecule has 0 bridgehead atoms. The molecule has 0 heterocycles. The summed E-state index contributed by atoms with van der Waals surface area (Å²) < 4.78 is 48.3. The number of benzene rings is 2. The van der Waals surface area contributed by atoms with Crippen molar-refractivity contribution in [3.05, 3.63) is 58.6 Å². The molecule has 0 saturated heterocycles. The van der Waals surface area contributed by atoms with E-state index in [0.29, 0.717) is 22.2 Å². The van der Waals surface area contributed by atoms with Crippen LogP contribution in [0.5, 0.6) is 11.5 Å². The van der Waals surface area contributed by atoms with E-state index in [2.05, 4.69) is 5.32 Å². The molecule has 0 fully saturated rings. The van der Waals surface area contributed by atoms with Crippen molar-refractivity contribution in [3.8, 4) is 11.5 Å². The van der Waals surface area contributed by atoms with E-state index < -0.39 is 17.6 Å². The number of hydrogen-bond donors (Lipinski definition) is 1. The molecule has 1 N–H and O–H groups in total. The quantitative estimate of drug-likeness (QED) is 0.734. The Hall–Kier alpha value is -2.67. The maximum atomic E-state index is 12.7. The zero-order valence-electron chi connectivity index (χ0n) is 13.9. The minimum Gasteiger partial charge on any atom is -0.495 e. The molecule has 0 saturated carbocycles. The van der Waals surface area contributed by atoms with Gasteiger partial charge >= 0.3 is 6.18 Å². The number of carbonyl (C=O) groups is 1. The number of amides is 1. The highest BCUT2D eigenvalue weighted by Crippen LogP contribution is 2.36. The molecular weight excluding hydrogens is 371 g/mol. The average Bonchev–Trinajstić information content (AvgIpc) is 2.60. The third-order valence-electron chi connectivity index (χ3n) is 3.37. The van der Waals surface area contributed by atoms with Gasteiger partial charge in [0.25, 0.3) is 0 Å². The number of carbonyl (C=O) groups excluding carboxylic acids is 1. The van der Waals surface area contributed by atoms with Gasteiger partial charge in [-0.1, -0.05) is 23.7 Å². The zero-order valence-corrected chi connectivity index (χ0v) is 14.6. The first-order chi connectivity index (χ1) is 12.2. The maximum Gasteiger partial charge on any atom is 0.416 e. The summed E-state index contributed by atoms with van der Waals surface area (Å²) in [5.74, 6) is 0.103. The van der Waals surface area contributed by atoms with Crippen LogP contribution in [0, 0.1) is 0 Å². The lowest BCUT2D eigenvalue weighted by molar-refractivity contribution is -0.137. The van der Waals surface area contributed by atoms with Crippen LogP contribution in [-0.2, 0) is 11.0 Å². The number of hydrogen-bond acceptors (Lipinski definition) is 3. The summed E-state index contributed by atoms with van der Waals surface area (Å²) in [7, 11) is 2.83. The van der Waals surface area contributed by atoms with E-state index in [1.165, 1.54) is 44.6 Å². The predicted octanol–water partition coefficient (Wildman–Crippen LogP) is 5.03. The van der Waals surface area contributed by atoms with Crippen LogP contribution in [0.15, 0.2) is 42.5 Å². The highest BCUT2D eigenvalue weighted by molar-refractivity contribution is 6.32. The van der Waals surface area contributed by atoms with Gasteiger partial charge in [0.05, 0.1) is 30.5 Å². The summed E-state index contributed by atoms with van der Waals surface area (Å²) in [6, 6.07) is 7.61. The van der Waals surface area contributed by atoms with Crippen LogP contribution < -0.4 is 14.8 Å². The van der Waals surface area contributed by atoms with Gasteiger partial charge in [-0.25, -0.2) is 0 Å². The molecule has 0 radical (unpaired) electrons. The summed E-state index contributed by atoms with van der Waals surface area (Å²) in [6.07, 6.45) is -2.04. The van der Waals surface area contributed by atoms with E-state index in [4.69, 9.17) is 21.1 Å². The number of alkyl halides is 3. The third-order valence-corrected chi connectivity index (χ3v) is 3.67. The minimum absolute atomic E-state index is 0.246. The van der Waals surface area contributed by atoms with Gasteiger partial charge in [0.1, 0.15) is 11.5 Å². The minimum atomic E-state index is -4.45. The van der Waals surface area contributed by atoms with Crippen molar-refractivity contribution in [2.75, 3.05) is 19.5 Å². The first-order valence-corrected chi connectivity index (χ1v) is 7.70. The Labute approximate surface area is 153 Å². The van der Waals surface area contributed by atoms with Crippen LogP contribution in [0.4, 0.5) is 18.9 Å². The Morgan fingerprint density at radius 2 is 1.81 bits per heavy atom. The Balaban J connectivity index is 2.18. The largest absolute Gasteiger partial charge is 0.495 e. The maximum absolute atomic E-state index is 12.7. The lowest BCUT2D eigenvalue weighted by atomic mass is 10.1. The van der Waals surface area contributed by atoms with Crippen LogP contribution in [-0.4, -0.2) is 20.1 Å². The molecule has 0 aliphatic carbocycles. The van der Waals surface area contributed by atoms with Crippen LogP contribution in [0.2, 0.25) is 5.02 Å². The fraction of sp³-hybridized carbons (Fsp3) is 0.167. The van der Waals surface area contributed by atoms with Crippen molar-refractivity contribution in [3.63, 3.8) is 0 Å². The Morgan fingerprint density at radius 1 is 1.12 bits per heavy atom. The van der Waals surface area contributed by atoms with Crippen LogP contribution in [0.25, 0.3) is 6.08 Å². The molecule has 0 spiro atoms. The van der Waals surface area contributed by atoms with Gasteiger partial charge in [0.15, 0.2) is 0 Å². The molecule has 2 aromatic rings. The molecular formula is C18H15ClF3NO3. The lowest BCUT2D eigenvalue weighted by Gasteiger charge is -2.12. The van der Waals surface area contributed by atoms with E-state index >= 15 is 0 Å². The Kier molecular flexibility index (Phi) is 6.15. The standard InChI is InChI=1S/C18H15ClF3NO3/c1-25-15-10-14(16(26-2)9-13(15)19)23-17(24)7-6-11-4-3-5-12(8-11)18(20,21)22/h3-10H,1-2H3,(H,23,24)/b7-6+. The van der Waals surface area contributed by atoms with Crippen molar-refractivity contribution < 1.29 is 27.4 Å². The predicted molar refractivity (Wildman–Crippen MR) is 93.7 cm³/mol. The molecule has 8 heteroatoms. The lowest BCUT2D eigenvalue weighted by Crippen LogP contribution is -2.09. The van der Waals surface area contributed by atoms with Gasteiger partial charge in [0.2, 0.25) is 5.91 Å². The van der Waals surface area contributed by atoms with E-state index in [-0.39, 0.29) is 5.56 Å². The molecule has 4 nitrogen and oxygen atoms in total. The van der Waals surface area contributed by atoms with E-state index in [0.717, 1.165) is 18.2 Å². The van der Waals surface area contributed by atoms with Gasteiger partial charge in [-0.2, -0.15) is 13.2 Å². The number of anilines is 1. The summed E-state index contributed by atoms with van der Waals surface area (Å²) in [5.41, 5.74) is -0.229. The van der Waals surface area contributed by atoms with E-state index in [9.17, 15) is 18.0 Å². The Bertz CT molecular complexity index is 835. The summed E-state index contributed by atoms with van der Waals surface area (Å²) >= 11 is 5.99. The van der Waals surface area contributed by atoms with Crippen LogP contribution in [0.3, 0.4) is 0 Å². The number of halogens is 4. The molecule has 2 aromatic carbocycles. The average molecular weight is 386 g/mol. The molecule has 0 unspecified atom stereocenters. The van der Waals surface area contributed by atoms with Crippen LogP contribution >= 0.6 is 11.6 Å². The normalized spacial score (nSPS) is 11.5. The van der Waals surface area contributed by atoms with Gasteiger partial charge in [-0.15, -0.1) is 0 Å². The summed E-state index contributed by atoms with van der Waals surface area (Å²) in [5, 5.41) is 2.87. The van der Waals surface area contributed by atoms with Crippen molar-refractivity contribution in [2.45, 2.75) is 6.18 Å². The topological polar surface area (TPSA) is 47.6 Å². The van der Waals surface area contributed by atoms with E-state index in [1.54, 1.807) is 0 Å². The van der Waals surface area contributed by atoms with Gasteiger partial charge < -0.3 is 14.8 Å². The molecule has 0 aliphatic heterocycles. The second-order valence-corrected chi connectivity index (χ2v) is 5.54. The van der Waals surface area contributed by atoms with E-state index in [1.807, 2.05) is 0 Å². The Morgan fingerprint density at radius 3 is 2.42 bits per heavy atom. The van der Waals surface area contributed by atoms with Gasteiger partial charge in [-0.3, -0.25) is 4.79 Å². The SMILES string of the molecule is COc1cc(NC(=O)/C=C/c2cccc(C(F)(F)F)c2)c(OC)cc1Cl. The highest BCUT2D eigenvalue weighted by atomic mass is 35.5. The fourth-order valence-electron chi connectivity index (χ4n) is 2.12. The number of ether oxygens (including phenoxy) is 2. The van der Waals surface area contributed by atoms with Crippen molar-refractivity contribution in [1.29, 1.82) is 0 Å². The first kappa shape index (κ1) is 19.7. The molecule has 2 rings (SSSR count). The molecule has 0 aliphatic rings. The molecule has 0 atom stereocenters. The van der Waals surface area contributed by atoms with Gasteiger partial charge in [0, 0.05) is 18.2 Å². The van der Waals surface area contributed by atoms with Gasteiger partial charge in [-0.05, 0) is 23.8 Å². The number of nitrogens with one attached hydrogen (secondary N) is 1. The summed E-state index contributed by atoms with van der Waals surface area (Å²) in [6.45, 7) is 0. The monoisotopic (exact) mass is 385 g/mol. The van der Waals surface area contributed by atoms with Crippen molar-refractivity contribution in [1.82, 2.24) is 0 Å². The first-order valence-electron chi connectivity index (χ1n) is 7.32. The fourth-order valence-corrected chi connectivity index (χ4v) is 2.35. The molecule has 138 valence electrons. The second kappa shape index (κ2) is 8.14. The molecule has 26 heavy (non-hydrogen) atoms. The van der Waals surface area contributed by atoms with Crippen molar-refractivity contribution in [2.24, 2.45) is 0 Å². The molecule has 1 amide bonds. The van der Waals surface area contributed by atoms with Crippen LogP contribution in [0.1, 0.15) is 11.1 Å². The highest BCUT2D eigenvalue weighted by Gasteiger charge is 2.30. The zero-order chi connectivity index (χ0) is 19.3. The number of methoxy groups -OCH3 is 2. The molecule has 0 aromatic heterocycles.